The Morgan fingerprint density at radius 1 is 1.27 bits per heavy atom. The molecule has 0 saturated heterocycles. The lowest BCUT2D eigenvalue weighted by Crippen LogP contribution is -1.77. The van der Waals surface area contributed by atoms with Gasteiger partial charge in [-0.25, -0.2) is 0 Å². The second-order valence-corrected chi connectivity index (χ2v) is 4.02. The van der Waals surface area contributed by atoms with E-state index in [2.05, 4.69) is 0 Å². The van der Waals surface area contributed by atoms with Crippen molar-refractivity contribution in [3.05, 3.63) is 41.3 Å². The molecule has 2 rings (SSSR count). The van der Waals surface area contributed by atoms with E-state index in [-0.39, 0.29) is 12.2 Å². The van der Waals surface area contributed by atoms with Gasteiger partial charge in [0.15, 0.2) is 0 Å². The Balaban J connectivity index is 2.43. The van der Waals surface area contributed by atoms with Crippen LogP contribution in [0.2, 0.25) is 0 Å². The summed E-state index contributed by atoms with van der Waals surface area (Å²) in [5, 5.41) is 20.3. The number of hydrogen-bond acceptors (Lipinski definition) is 3. The predicted octanol–water partition coefficient (Wildman–Crippen LogP) is 3.19. The monoisotopic (exact) mass is 215 g/mol. The summed E-state index contributed by atoms with van der Waals surface area (Å²) in [6.45, 7) is 0. The number of thiophene rings is 1. The molecule has 2 nitrogen and oxygen atoms in total. The van der Waals surface area contributed by atoms with Crippen LogP contribution in [0.1, 0.15) is 5.56 Å². The third-order valence-corrected chi connectivity index (χ3v) is 3.21. The molecule has 0 radical (unpaired) electrons. The van der Waals surface area contributed by atoms with Crippen LogP contribution >= 0.6 is 11.3 Å². The number of hydrogen-bond donors (Lipinski definition) is 1. The highest BCUT2D eigenvalue weighted by molar-refractivity contribution is 7.14. The number of nitriles is 1. The molecular formula is C12H9NOS. The van der Waals surface area contributed by atoms with Crippen molar-refractivity contribution in [3.8, 4) is 22.3 Å². The quantitative estimate of drug-likeness (QED) is 0.836. The first-order chi connectivity index (χ1) is 7.33. The minimum absolute atomic E-state index is 0.243. The van der Waals surface area contributed by atoms with Crippen LogP contribution in [0.25, 0.3) is 10.4 Å². The van der Waals surface area contributed by atoms with E-state index >= 15 is 0 Å². The van der Waals surface area contributed by atoms with Crippen molar-refractivity contribution in [3.63, 3.8) is 0 Å². The van der Waals surface area contributed by atoms with Crippen molar-refractivity contribution in [2.75, 3.05) is 0 Å². The highest BCUT2D eigenvalue weighted by atomic mass is 32.1. The van der Waals surface area contributed by atoms with Crippen LogP contribution in [0.4, 0.5) is 0 Å². The van der Waals surface area contributed by atoms with Gasteiger partial charge < -0.3 is 5.11 Å². The smallest absolute Gasteiger partial charge is 0.138 e. The topological polar surface area (TPSA) is 44.0 Å². The van der Waals surface area contributed by atoms with Crippen LogP contribution < -0.4 is 0 Å². The summed E-state index contributed by atoms with van der Waals surface area (Å²) in [5.74, 6) is 0.243. The summed E-state index contributed by atoms with van der Waals surface area (Å²) in [6, 6.07) is 11.7. The van der Waals surface area contributed by atoms with Crippen molar-refractivity contribution >= 4 is 11.3 Å². The Labute approximate surface area is 92.0 Å². The van der Waals surface area contributed by atoms with E-state index in [1.54, 1.807) is 0 Å². The average Bonchev–Trinajstić information content (AvgIpc) is 2.63. The molecule has 3 heteroatoms. The van der Waals surface area contributed by atoms with Crippen LogP contribution in [0.3, 0.4) is 0 Å². The highest BCUT2D eigenvalue weighted by Gasteiger charge is 2.11. The maximum Gasteiger partial charge on any atom is 0.138 e. The Bertz CT molecular complexity index is 496. The first-order valence-corrected chi connectivity index (χ1v) is 5.42. The van der Waals surface area contributed by atoms with Gasteiger partial charge in [-0.05, 0) is 10.9 Å². The fourth-order valence-corrected chi connectivity index (χ4v) is 2.36. The Morgan fingerprint density at radius 3 is 2.67 bits per heavy atom. The van der Waals surface area contributed by atoms with Crippen LogP contribution in [0, 0.1) is 11.3 Å². The maximum atomic E-state index is 9.87. The molecule has 0 fully saturated rings. The minimum atomic E-state index is 0.243. The number of rotatable bonds is 2. The first-order valence-electron chi connectivity index (χ1n) is 4.54. The van der Waals surface area contributed by atoms with E-state index < -0.39 is 0 Å². The van der Waals surface area contributed by atoms with Gasteiger partial charge >= 0.3 is 0 Å². The van der Waals surface area contributed by atoms with Gasteiger partial charge in [-0.3, -0.25) is 0 Å². The lowest BCUT2D eigenvalue weighted by atomic mass is 10.1. The number of nitrogens with zero attached hydrogens (tertiary/aromatic N) is 1. The number of benzene rings is 1. The third kappa shape index (κ3) is 1.85. The third-order valence-electron chi connectivity index (χ3n) is 2.14. The molecule has 0 bridgehead atoms. The molecule has 0 amide bonds. The molecular weight excluding hydrogens is 206 g/mol. The molecule has 0 aliphatic rings. The highest BCUT2D eigenvalue weighted by Crippen LogP contribution is 2.38. The first kappa shape index (κ1) is 9.75. The summed E-state index contributed by atoms with van der Waals surface area (Å²) in [5.41, 5.74) is 1.70. The zero-order valence-electron chi connectivity index (χ0n) is 7.97. The summed E-state index contributed by atoms with van der Waals surface area (Å²) >= 11 is 1.47. The standard InChI is InChI=1S/C12H9NOS/c13-7-6-10-8-15-12(11(10)14)9-4-2-1-3-5-9/h1-5,8,14H,6H2. The van der Waals surface area contributed by atoms with Gasteiger partial charge in [0.05, 0.1) is 17.4 Å². The van der Waals surface area contributed by atoms with Crippen LogP contribution in [-0.4, -0.2) is 5.11 Å². The zero-order valence-corrected chi connectivity index (χ0v) is 8.79. The van der Waals surface area contributed by atoms with Crippen molar-refractivity contribution < 1.29 is 5.11 Å². The lowest BCUT2D eigenvalue weighted by molar-refractivity contribution is 0.474. The molecule has 1 aromatic heterocycles. The fraction of sp³-hybridized carbons (Fsp3) is 0.0833. The molecule has 0 aliphatic heterocycles. The van der Waals surface area contributed by atoms with Gasteiger partial charge in [-0.2, -0.15) is 5.26 Å². The second kappa shape index (κ2) is 4.16. The van der Waals surface area contributed by atoms with E-state index in [0.717, 1.165) is 10.4 Å². The molecule has 2 aromatic rings. The maximum absolute atomic E-state index is 9.87. The molecule has 0 saturated carbocycles. The molecule has 0 unspecified atom stereocenters. The molecule has 74 valence electrons. The van der Waals surface area contributed by atoms with E-state index in [0.29, 0.717) is 5.56 Å². The molecule has 0 spiro atoms. The van der Waals surface area contributed by atoms with Gasteiger partial charge in [0.2, 0.25) is 0 Å². The second-order valence-electron chi connectivity index (χ2n) is 3.14. The molecule has 15 heavy (non-hydrogen) atoms. The summed E-state index contributed by atoms with van der Waals surface area (Å²) in [6.07, 6.45) is 0.259. The van der Waals surface area contributed by atoms with Gasteiger partial charge in [-0.15, -0.1) is 11.3 Å². The summed E-state index contributed by atoms with van der Waals surface area (Å²) in [7, 11) is 0. The Morgan fingerprint density at radius 2 is 2.00 bits per heavy atom. The molecule has 1 aromatic carbocycles. The average molecular weight is 215 g/mol. The van der Waals surface area contributed by atoms with E-state index in [1.165, 1.54) is 11.3 Å². The number of aromatic hydroxyl groups is 1. The van der Waals surface area contributed by atoms with Crippen LogP contribution in [0.15, 0.2) is 35.7 Å². The van der Waals surface area contributed by atoms with E-state index in [4.69, 9.17) is 5.26 Å². The van der Waals surface area contributed by atoms with E-state index in [1.807, 2.05) is 41.8 Å². The predicted molar refractivity (Wildman–Crippen MR) is 60.7 cm³/mol. The molecule has 1 heterocycles. The Hall–Kier alpha value is -1.79. The lowest BCUT2D eigenvalue weighted by Gasteiger charge is -1.98. The SMILES string of the molecule is N#CCc1csc(-c2ccccc2)c1O. The van der Waals surface area contributed by atoms with Crippen LogP contribution in [0.5, 0.6) is 5.75 Å². The van der Waals surface area contributed by atoms with Crippen molar-refractivity contribution in [1.82, 2.24) is 0 Å². The van der Waals surface area contributed by atoms with Gasteiger partial charge in [-0.1, -0.05) is 30.3 Å². The van der Waals surface area contributed by atoms with Crippen LogP contribution in [-0.2, 0) is 6.42 Å². The largest absolute Gasteiger partial charge is 0.506 e. The van der Waals surface area contributed by atoms with Gasteiger partial charge in [0.1, 0.15) is 5.75 Å². The molecule has 0 atom stereocenters. The van der Waals surface area contributed by atoms with Crippen molar-refractivity contribution in [2.45, 2.75) is 6.42 Å². The van der Waals surface area contributed by atoms with E-state index in [9.17, 15) is 5.11 Å². The van der Waals surface area contributed by atoms with Crippen molar-refractivity contribution in [1.29, 1.82) is 5.26 Å². The van der Waals surface area contributed by atoms with Gasteiger partial charge in [0.25, 0.3) is 0 Å². The normalized spacial score (nSPS) is 9.80. The van der Waals surface area contributed by atoms with Crippen molar-refractivity contribution in [2.24, 2.45) is 0 Å². The zero-order chi connectivity index (χ0) is 10.7. The molecule has 1 N–H and O–H groups in total. The fourth-order valence-electron chi connectivity index (χ4n) is 1.39. The summed E-state index contributed by atoms with van der Waals surface area (Å²) in [4.78, 5) is 0.834. The van der Waals surface area contributed by atoms with Gasteiger partial charge in [0, 0.05) is 5.56 Å². The Kier molecular flexibility index (Phi) is 2.70. The minimum Gasteiger partial charge on any atom is -0.506 e. The molecule has 0 aliphatic carbocycles. The summed E-state index contributed by atoms with van der Waals surface area (Å²) < 4.78 is 0.